The Kier molecular flexibility index (Phi) is 4.91. The molecule has 0 saturated carbocycles. The van der Waals surface area contributed by atoms with Crippen LogP contribution in [-0.2, 0) is 11.2 Å². The summed E-state index contributed by atoms with van der Waals surface area (Å²) in [7, 11) is 1.62. The molecule has 122 valence electrons. The van der Waals surface area contributed by atoms with E-state index in [1.54, 1.807) is 12.0 Å². The highest BCUT2D eigenvalue weighted by Crippen LogP contribution is 2.29. The lowest BCUT2D eigenvalue weighted by Gasteiger charge is -2.20. The summed E-state index contributed by atoms with van der Waals surface area (Å²) >= 11 is 1.47. The zero-order chi connectivity index (χ0) is 16.9. The minimum Gasteiger partial charge on any atom is -0.497 e. The van der Waals surface area contributed by atoms with E-state index in [2.05, 4.69) is 4.98 Å². The number of carbonyl (C=O) groups is 1. The third-order valence-corrected chi connectivity index (χ3v) is 4.50. The molecule has 0 aliphatic heterocycles. The van der Waals surface area contributed by atoms with E-state index < -0.39 is 0 Å². The summed E-state index contributed by atoms with van der Waals surface area (Å²) in [6.45, 7) is 1.93. The molecule has 0 unspecified atom stereocenters. The second kappa shape index (κ2) is 7.27. The smallest absolute Gasteiger partial charge is 0.237 e. The Morgan fingerprint density at radius 2 is 1.96 bits per heavy atom. The lowest BCUT2D eigenvalue weighted by molar-refractivity contribution is -0.117. The number of nitrogens with zero attached hydrogens (tertiary/aromatic N) is 2. The molecule has 5 heteroatoms. The van der Waals surface area contributed by atoms with Crippen molar-refractivity contribution in [2.45, 2.75) is 13.3 Å². The first kappa shape index (κ1) is 16.2. The van der Waals surface area contributed by atoms with Gasteiger partial charge < -0.3 is 4.74 Å². The number of benzene rings is 2. The number of amides is 1. The van der Waals surface area contributed by atoms with Crippen molar-refractivity contribution in [3.8, 4) is 5.75 Å². The minimum absolute atomic E-state index is 0.0243. The number of thiazole rings is 1. The summed E-state index contributed by atoms with van der Waals surface area (Å²) < 4.78 is 5.23. The van der Waals surface area contributed by atoms with Crippen LogP contribution < -0.4 is 9.64 Å². The molecule has 0 radical (unpaired) electrons. The molecule has 2 aromatic carbocycles. The first-order chi connectivity index (χ1) is 11.7. The minimum atomic E-state index is -0.0243. The summed E-state index contributed by atoms with van der Waals surface area (Å²) in [5, 5.41) is 2.64. The highest BCUT2D eigenvalue weighted by molar-refractivity contribution is 7.14. The van der Waals surface area contributed by atoms with Crippen LogP contribution in [0.5, 0.6) is 5.75 Å². The number of hydrogen-bond donors (Lipinski definition) is 0. The molecular formula is C19H18N2O2S. The van der Waals surface area contributed by atoms with Crippen molar-refractivity contribution in [1.82, 2.24) is 4.98 Å². The fraction of sp³-hybridized carbons (Fsp3) is 0.158. The van der Waals surface area contributed by atoms with Crippen LogP contribution in [0, 0.1) is 6.92 Å². The lowest BCUT2D eigenvalue weighted by atomic mass is 10.1. The van der Waals surface area contributed by atoms with E-state index in [-0.39, 0.29) is 12.3 Å². The summed E-state index contributed by atoms with van der Waals surface area (Å²) in [4.78, 5) is 19.1. The van der Waals surface area contributed by atoms with Crippen LogP contribution in [0.15, 0.2) is 60.0 Å². The second-order valence-corrected chi connectivity index (χ2v) is 6.20. The van der Waals surface area contributed by atoms with Crippen molar-refractivity contribution in [3.63, 3.8) is 0 Å². The van der Waals surface area contributed by atoms with E-state index in [9.17, 15) is 4.79 Å². The molecule has 0 fully saturated rings. The van der Waals surface area contributed by atoms with Gasteiger partial charge in [0, 0.05) is 5.38 Å². The van der Waals surface area contributed by atoms with Gasteiger partial charge in [0.05, 0.1) is 24.9 Å². The summed E-state index contributed by atoms with van der Waals surface area (Å²) in [6.07, 6.45) is 0.282. The Bertz CT molecular complexity index is 830. The standard InChI is InChI=1S/C19H18N2O2S/c1-14-13-24-19(20-14)21(16-8-4-3-5-9-16)18(22)12-15-7-6-10-17(11-15)23-2/h3-11,13H,12H2,1-2H3. The van der Waals surface area contributed by atoms with Gasteiger partial charge in [0.25, 0.3) is 0 Å². The number of methoxy groups -OCH3 is 1. The molecule has 3 rings (SSSR count). The zero-order valence-electron chi connectivity index (χ0n) is 13.6. The number of carbonyl (C=O) groups excluding carboxylic acids is 1. The van der Waals surface area contributed by atoms with Crippen molar-refractivity contribution in [1.29, 1.82) is 0 Å². The molecular weight excluding hydrogens is 320 g/mol. The van der Waals surface area contributed by atoms with E-state index in [1.807, 2.05) is 66.9 Å². The summed E-state index contributed by atoms with van der Waals surface area (Å²) in [5.41, 5.74) is 2.64. The molecule has 0 spiro atoms. The zero-order valence-corrected chi connectivity index (χ0v) is 14.4. The molecule has 1 aromatic heterocycles. The van der Waals surface area contributed by atoms with E-state index >= 15 is 0 Å². The molecule has 1 heterocycles. The van der Waals surface area contributed by atoms with Gasteiger partial charge in [-0.1, -0.05) is 30.3 Å². The average molecular weight is 338 g/mol. The maximum absolute atomic E-state index is 13.0. The van der Waals surface area contributed by atoms with Gasteiger partial charge in [-0.25, -0.2) is 4.98 Å². The molecule has 4 nitrogen and oxygen atoms in total. The molecule has 0 N–H and O–H groups in total. The first-order valence-corrected chi connectivity index (χ1v) is 8.48. The van der Waals surface area contributed by atoms with Crippen molar-refractivity contribution in [2.24, 2.45) is 0 Å². The van der Waals surface area contributed by atoms with Crippen LogP contribution in [0.1, 0.15) is 11.3 Å². The van der Waals surface area contributed by atoms with E-state index in [1.165, 1.54) is 11.3 Å². The van der Waals surface area contributed by atoms with E-state index in [0.29, 0.717) is 5.13 Å². The normalized spacial score (nSPS) is 10.4. The molecule has 1 amide bonds. The Morgan fingerprint density at radius 1 is 1.17 bits per heavy atom. The Hall–Kier alpha value is -2.66. The molecule has 0 aliphatic rings. The highest BCUT2D eigenvalue weighted by Gasteiger charge is 2.21. The van der Waals surface area contributed by atoms with Gasteiger partial charge in [-0.2, -0.15) is 0 Å². The van der Waals surface area contributed by atoms with Crippen LogP contribution in [0.25, 0.3) is 0 Å². The van der Waals surface area contributed by atoms with Crippen LogP contribution in [-0.4, -0.2) is 18.0 Å². The number of aryl methyl sites for hydroxylation is 1. The topological polar surface area (TPSA) is 42.4 Å². The SMILES string of the molecule is COc1cccc(CC(=O)N(c2ccccc2)c2nc(C)cs2)c1. The van der Waals surface area contributed by atoms with Crippen LogP contribution in [0.4, 0.5) is 10.8 Å². The molecule has 3 aromatic rings. The predicted molar refractivity (Wildman–Crippen MR) is 97.1 cm³/mol. The Morgan fingerprint density at radius 3 is 2.62 bits per heavy atom. The van der Waals surface area contributed by atoms with Gasteiger partial charge in [-0.3, -0.25) is 9.69 Å². The van der Waals surface area contributed by atoms with Crippen LogP contribution in [0.2, 0.25) is 0 Å². The maximum Gasteiger partial charge on any atom is 0.237 e. The highest BCUT2D eigenvalue weighted by atomic mass is 32.1. The van der Waals surface area contributed by atoms with E-state index in [0.717, 1.165) is 22.7 Å². The molecule has 0 bridgehead atoms. The summed E-state index contributed by atoms with van der Waals surface area (Å²) in [6, 6.07) is 17.2. The van der Waals surface area contributed by atoms with Crippen molar-refractivity contribution < 1.29 is 9.53 Å². The van der Waals surface area contributed by atoms with Gasteiger partial charge in [0.2, 0.25) is 5.91 Å². The number of ether oxygens (including phenoxy) is 1. The van der Waals surface area contributed by atoms with Crippen LogP contribution >= 0.6 is 11.3 Å². The van der Waals surface area contributed by atoms with Crippen molar-refractivity contribution >= 4 is 28.1 Å². The molecule has 24 heavy (non-hydrogen) atoms. The van der Waals surface area contributed by atoms with Crippen molar-refractivity contribution in [2.75, 3.05) is 12.0 Å². The number of aromatic nitrogens is 1. The fourth-order valence-electron chi connectivity index (χ4n) is 2.42. The number of para-hydroxylation sites is 1. The van der Waals surface area contributed by atoms with Gasteiger partial charge in [0.15, 0.2) is 5.13 Å². The van der Waals surface area contributed by atoms with E-state index in [4.69, 9.17) is 4.74 Å². The largest absolute Gasteiger partial charge is 0.497 e. The number of anilines is 2. The molecule has 0 aliphatic carbocycles. The van der Waals surface area contributed by atoms with Gasteiger partial charge in [0.1, 0.15) is 5.75 Å². The monoisotopic (exact) mass is 338 g/mol. The van der Waals surface area contributed by atoms with Gasteiger partial charge in [-0.05, 0) is 36.8 Å². The second-order valence-electron chi connectivity index (χ2n) is 5.36. The number of rotatable bonds is 5. The average Bonchev–Trinajstić information content (AvgIpc) is 3.02. The third-order valence-electron chi connectivity index (χ3n) is 3.55. The quantitative estimate of drug-likeness (QED) is 0.694. The third kappa shape index (κ3) is 3.63. The van der Waals surface area contributed by atoms with Crippen molar-refractivity contribution in [3.05, 3.63) is 71.2 Å². The molecule has 0 atom stereocenters. The Labute approximate surface area is 145 Å². The lowest BCUT2D eigenvalue weighted by Crippen LogP contribution is -2.27. The van der Waals surface area contributed by atoms with Crippen LogP contribution in [0.3, 0.4) is 0 Å². The predicted octanol–water partition coefficient (Wildman–Crippen LogP) is 4.37. The van der Waals surface area contributed by atoms with Gasteiger partial charge >= 0.3 is 0 Å². The molecule has 0 saturated heterocycles. The maximum atomic E-state index is 13.0. The number of hydrogen-bond acceptors (Lipinski definition) is 4. The van der Waals surface area contributed by atoms with Gasteiger partial charge in [-0.15, -0.1) is 11.3 Å². The first-order valence-electron chi connectivity index (χ1n) is 7.60. The Balaban J connectivity index is 1.91. The fourth-order valence-corrected chi connectivity index (χ4v) is 3.26. The summed E-state index contributed by atoms with van der Waals surface area (Å²) in [5.74, 6) is 0.723.